The van der Waals surface area contributed by atoms with E-state index in [-0.39, 0.29) is 17.4 Å². The number of aromatic amines is 1. The number of thioether (sulfide) groups is 1. The molecule has 4 aromatic carbocycles. The number of aromatic nitrogens is 1. The molecule has 0 aliphatic heterocycles. The van der Waals surface area contributed by atoms with Gasteiger partial charge in [-0.2, -0.15) is 0 Å². The molecule has 0 radical (unpaired) electrons. The zero-order valence-electron chi connectivity index (χ0n) is 24.9. The van der Waals surface area contributed by atoms with E-state index in [1.807, 2.05) is 79.1 Å². The van der Waals surface area contributed by atoms with Crippen LogP contribution in [0.3, 0.4) is 0 Å². The van der Waals surface area contributed by atoms with E-state index in [1.54, 1.807) is 20.3 Å². The fourth-order valence-corrected chi connectivity index (χ4v) is 5.47. The molecule has 43 heavy (non-hydrogen) atoms. The van der Waals surface area contributed by atoms with E-state index in [2.05, 4.69) is 29.2 Å². The molecular weight excluding hydrogens is 562 g/mol. The van der Waals surface area contributed by atoms with E-state index in [9.17, 15) is 9.59 Å². The average molecular weight is 598 g/mol. The van der Waals surface area contributed by atoms with Crippen LogP contribution in [0.4, 0.5) is 5.69 Å². The van der Waals surface area contributed by atoms with E-state index in [0.29, 0.717) is 63.5 Å². The quantitative estimate of drug-likeness (QED) is 0.129. The first-order valence-electron chi connectivity index (χ1n) is 13.9. The second kappa shape index (κ2) is 13.2. The largest absolute Gasteiger partial charge is 0.493 e. The number of carbonyl (C=O) groups is 1. The summed E-state index contributed by atoms with van der Waals surface area (Å²) in [4.78, 5) is 33.0. The lowest BCUT2D eigenvalue weighted by Gasteiger charge is -2.25. The molecule has 0 bridgehead atoms. The van der Waals surface area contributed by atoms with Crippen LogP contribution < -0.4 is 25.0 Å². The molecule has 0 fully saturated rings. The van der Waals surface area contributed by atoms with Crippen molar-refractivity contribution in [1.82, 2.24) is 9.88 Å². The summed E-state index contributed by atoms with van der Waals surface area (Å²) in [5.41, 5.74) is 3.27. The highest BCUT2D eigenvalue weighted by Gasteiger charge is 2.17. The van der Waals surface area contributed by atoms with Crippen molar-refractivity contribution in [3.63, 3.8) is 0 Å². The maximum Gasteiger partial charge on any atom is 0.257 e. The molecule has 0 saturated heterocycles. The Bertz CT molecular complexity index is 1820. The van der Waals surface area contributed by atoms with E-state index in [4.69, 9.17) is 14.2 Å². The van der Waals surface area contributed by atoms with Crippen molar-refractivity contribution >= 4 is 45.2 Å². The topological polar surface area (TPSA) is 92.9 Å². The van der Waals surface area contributed by atoms with Crippen LogP contribution in [0.25, 0.3) is 21.8 Å². The summed E-state index contributed by atoms with van der Waals surface area (Å²) in [5.74, 6) is 1.81. The Balaban J connectivity index is 1.24. The minimum atomic E-state index is -0.300. The third kappa shape index (κ3) is 6.48. The van der Waals surface area contributed by atoms with Gasteiger partial charge in [-0.25, -0.2) is 0 Å². The minimum Gasteiger partial charge on any atom is -0.493 e. The Hall–Kier alpha value is -4.47. The summed E-state index contributed by atoms with van der Waals surface area (Å²) >= 11 is 1.49. The second-order valence-electron chi connectivity index (χ2n) is 10.2. The van der Waals surface area contributed by atoms with Gasteiger partial charge < -0.3 is 24.5 Å². The van der Waals surface area contributed by atoms with Gasteiger partial charge in [0.15, 0.2) is 16.9 Å². The van der Waals surface area contributed by atoms with Crippen molar-refractivity contribution in [1.29, 1.82) is 0 Å². The monoisotopic (exact) mass is 597 g/mol. The van der Waals surface area contributed by atoms with Crippen LogP contribution in [0.5, 0.6) is 17.2 Å². The molecule has 5 rings (SSSR count). The number of nitrogens with zero attached hydrogens (tertiary/aromatic N) is 1. The van der Waals surface area contributed by atoms with Crippen molar-refractivity contribution in [2.45, 2.75) is 17.9 Å². The first kappa shape index (κ1) is 30.0. The van der Waals surface area contributed by atoms with Crippen LogP contribution in [0.2, 0.25) is 0 Å². The number of amides is 1. The molecule has 0 saturated carbocycles. The number of likely N-dealkylation sites (N-methyl/N-ethyl adjacent to an activating group) is 1. The maximum atomic E-state index is 13.4. The van der Waals surface area contributed by atoms with Gasteiger partial charge in [0.1, 0.15) is 12.4 Å². The third-order valence-corrected chi connectivity index (χ3v) is 8.35. The summed E-state index contributed by atoms with van der Waals surface area (Å²) in [7, 11) is 5.31. The number of ether oxygens (including phenoxy) is 3. The molecule has 1 heterocycles. The molecular formula is C34H35N3O5S. The lowest BCUT2D eigenvalue weighted by molar-refractivity contribution is 0.102. The SMILES string of the molecule is COc1ccc(C(C)N(C)CCOc2ccc(NC(=O)c3cc(SC)cc4c(=O)c5ccccc5[nH]c34)cc2)cc1OC. The van der Waals surface area contributed by atoms with Crippen LogP contribution in [0, 0.1) is 0 Å². The fraction of sp³-hybridized carbons (Fsp3) is 0.235. The molecule has 9 heteroatoms. The number of rotatable bonds is 11. The predicted octanol–water partition coefficient (Wildman–Crippen LogP) is 6.74. The zero-order chi connectivity index (χ0) is 30.5. The van der Waals surface area contributed by atoms with Crippen molar-refractivity contribution in [2.75, 3.05) is 46.0 Å². The normalized spacial score (nSPS) is 12.0. The van der Waals surface area contributed by atoms with Gasteiger partial charge >= 0.3 is 0 Å². The molecule has 0 spiro atoms. The van der Waals surface area contributed by atoms with Gasteiger partial charge in [0.05, 0.1) is 25.3 Å². The number of methoxy groups -OCH3 is 2. The standard InChI is InChI=1S/C34H35N3O5S/c1-21(22-10-15-30(40-3)31(18-22)41-4)37(2)16-17-42-24-13-11-23(12-14-24)35-34(39)28-20-25(43-5)19-27-32(28)36-29-9-7-6-8-26(29)33(27)38/h6-15,18-21H,16-17H2,1-5H3,(H,35,39)(H,36,38). The minimum absolute atomic E-state index is 0.0976. The summed E-state index contributed by atoms with van der Waals surface area (Å²) in [5, 5.41) is 4.05. The first-order valence-corrected chi connectivity index (χ1v) is 15.1. The third-order valence-electron chi connectivity index (χ3n) is 7.64. The van der Waals surface area contributed by atoms with Crippen LogP contribution in [-0.4, -0.2) is 56.5 Å². The molecule has 0 aliphatic carbocycles. The number of carbonyl (C=O) groups excluding carboxylic acids is 1. The maximum absolute atomic E-state index is 13.4. The summed E-state index contributed by atoms with van der Waals surface area (Å²) < 4.78 is 16.8. The molecule has 2 N–H and O–H groups in total. The lowest BCUT2D eigenvalue weighted by atomic mass is 10.1. The van der Waals surface area contributed by atoms with E-state index in [1.165, 1.54) is 11.8 Å². The number of pyridine rings is 1. The molecule has 1 atom stereocenters. The second-order valence-corrected chi connectivity index (χ2v) is 11.1. The molecule has 5 aromatic rings. The van der Waals surface area contributed by atoms with Crippen molar-refractivity contribution in [2.24, 2.45) is 0 Å². The van der Waals surface area contributed by atoms with Gasteiger partial charge in [0.2, 0.25) is 0 Å². The number of benzene rings is 4. The zero-order valence-corrected chi connectivity index (χ0v) is 25.7. The smallest absolute Gasteiger partial charge is 0.257 e. The van der Waals surface area contributed by atoms with Crippen LogP contribution in [0.1, 0.15) is 28.9 Å². The number of para-hydroxylation sites is 1. The lowest BCUT2D eigenvalue weighted by Crippen LogP contribution is -2.27. The molecule has 1 aromatic heterocycles. The number of nitrogens with one attached hydrogen (secondary N) is 2. The van der Waals surface area contributed by atoms with Crippen LogP contribution in [0.15, 0.2) is 88.6 Å². The van der Waals surface area contributed by atoms with Crippen molar-refractivity contribution in [3.8, 4) is 17.2 Å². The highest BCUT2D eigenvalue weighted by atomic mass is 32.2. The highest BCUT2D eigenvalue weighted by molar-refractivity contribution is 7.98. The van der Waals surface area contributed by atoms with Crippen LogP contribution >= 0.6 is 11.8 Å². The Morgan fingerprint density at radius 2 is 1.70 bits per heavy atom. The molecule has 1 unspecified atom stereocenters. The Morgan fingerprint density at radius 3 is 2.42 bits per heavy atom. The highest BCUT2D eigenvalue weighted by Crippen LogP contribution is 2.31. The van der Waals surface area contributed by atoms with E-state index < -0.39 is 0 Å². The van der Waals surface area contributed by atoms with Gasteiger partial charge in [-0.15, -0.1) is 11.8 Å². The van der Waals surface area contributed by atoms with Gasteiger partial charge in [-0.3, -0.25) is 14.5 Å². The fourth-order valence-electron chi connectivity index (χ4n) is 5.00. The number of H-pyrrole nitrogens is 1. The number of hydrogen-bond donors (Lipinski definition) is 2. The van der Waals surface area contributed by atoms with Crippen molar-refractivity contribution < 1.29 is 19.0 Å². The molecule has 0 aliphatic rings. The van der Waals surface area contributed by atoms with E-state index in [0.717, 1.165) is 10.5 Å². The van der Waals surface area contributed by atoms with Gasteiger partial charge in [0.25, 0.3) is 5.91 Å². The summed E-state index contributed by atoms with van der Waals surface area (Å²) in [6.45, 7) is 3.34. The summed E-state index contributed by atoms with van der Waals surface area (Å²) in [6, 6.07) is 24.3. The van der Waals surface area contributed by atoms with Gasteiger partial charge in [-0.1, -0.05) is 18.2 Å². The average Bonchev–Trinajstić information content (AvgIpc) is 3.04. The molecule has 8 nitrogen and oxygen atoms in total. The number of hydrogen-bond acceptors (Lipinski definition) is 7. The van der Waals surface area contributed by atoms with Crippen LogP contribution in [-0.2, 0) is 0 Å². The predicted molar refractivity (Wildman–Crippen MR) is 174 cm³/mol. The Labute approximate surface area is 255 Å². The molecule has 1 amide bonds. The van der Waals surface area contributed by atoms with Gasteiger partial charge in [0, 0.05) is 39.5 Å². The van der Waals surface area contributed by atoms with Crippen molar-refractivity contribution in [3.05, 3.63) is 100 Å². The number of anilines is 1. The molecule has 222 valence electrons. The number of fused-ring (bicyclic) bond motifs is 2. The summed E-state index contributed by atoms with van der Waals surface area (Å²) in [6.07, 6.45) is 1.92. The van der Waals surface area contributed by atoms with Gasteiger partial charge in [-0.05, 0) is 86.5 Å². The Kier molecular flexibility index (Phi) is 9.23. The van der Waals surface area contributed by atoms with E-state index >= 15 is 0 Å². The Morgan fingerprint density at radius 1 is 0.953 bits per heavy atom. The first-order chi connectivity index (χ1) is 20.8.